The lowest BCUT2D eigenvalue weighted by Crippen LogP contribution is -2.39. The Morgan fingerprint density at radius 2 is 1.50 bits per heavy atom. The van der Waals surface area contributed by atoms with Crippen molar-refractivity contribution in [2.45, 2.75) is 25.4 Å². The first-order valence-electron chi connectivity index (χ1n) is 13.3. The van der Waals surface area contributed by atoms with Crippen molar-refractivity contribution in [3.05, 3.63) is 143 Å². The zero-order valence-electron chi connectivity index (χ0n) is 22.4. The minimum Gasteiger partial charge on any atom is -0.497 e. The number of benzene rings is 4. The van der Waals surface area contributed by atoms with Gasteiger partial charge in [0.05, 0.1) is 19.7 Å². The van der Waals surface area contributed by atoms with Crippen LogP contribution >= 0.6 is 11.5 Å². The number of hydrogen-bond acceptors (Lipinski definition) is 6. The molecule has 0 radical (unpaired) electrons. The number of carbonyl (C=O) groups is 1. The fourth-order valence-electron chi connectivity index (χ4n) is 4.61. The Kier molecular flexibility index (Phi) is 9.17. The first kappa shape index (κ1) is 27.1. The van der Waals surface area contributed by atoms with E-state index >= 15 is 0 Å². The molecule has 0 saturated heterocycles. The van der Waals surface area contributed by atoms with E-state index in [0.29, 0.717) is 19.4 Å². The minimum atomic E-state index is -0.146. The lowest BCUT2D eigenvalue weighted by Gasteiger charge is -2.24. The maximum atomic E-state index is 13.5. The maximum absolute atomic E-state index is 13.5. The molecule has 1 amide bonds. The number of ether oxygens (including phenoxy) is 1. The summed E-state index contributed by atoms with van der Waals surface area (Å²) < 4.78 is 9.97. The molecule has 0 aliphatic carbocycles. The van der Waals surface area contributed by atoms with Crippen molar-refractivity contribution in [2.75, 3.05) is 18.6 Å². The quantitative estimate of drug-likeness (QED) is 0.200. The van der Waals surface area contributed by atoms with Crippen LogP contribution in [0.5, 0.6) is 5.75 Å². The highest BCUT2D eigenvalue weighted by molar-refractivity contribution is 7.09. The number of carbonyl (C=O) groups excluding carboxylic acids is 1. The molecule has 0 aliphatic heterocycles. The molecule has 5 aromatic rings. The monoisotopic (exact) mass is 548 g/mol. The van der Waals surface area contributed by atoms with Crippen molar-refractivity contribution >= 4 is 22.6 Å². The maximum Gasteiger partial charge on any atom is 0.240 e. The molecule has 7 heteroatoms. The Morgan fingerprint density at radius 3 is 2.20 bits per heavy atom. The summed E-state index contributed by atoms with van der Waals surface area (Å²) >= 11 is 1.32. The summed E-state index contributed by atoms with van der Waals surface area (Å²) in [5.74, 6) is 1.46. The average molecular weight is 549 g/mol. The molecule has 4 aromatic carbocycles. The van der Waals surface area contributed by atoms with Gasteiger partial charge in [-0.05, 0) is 40.8 Å². The molecular weight excluding hydrogens is 516 g/mol. The number of methoxy groups -OCH3 is 1. The fraction of sp³-hybridized carbons (Fsp3) is 0.182. The average Bonchev–Trinajstić information content (AvgIpc) is 3.46. The molecule has 40 heavy (non-hydrogen) atoms. The van der Waals surface area contributed by atoms with Crippen LogP contribution in [0.15, 0.2) is 115 Å². The van der Waals surface area contributed by atoms with Crippen molar-refractivity contribution in [2.24, 2.45) is 0 Å². The van der Waals surface area contributed by atoms with Gasteiger partial charge in [0.15, 0.2) is 0 Å². The SMILES string of the molecule is COc1cccc(Cc2nsc(N(CC(=O)NC(Cc3ccccc3)c3ccccc3)Cc3ccccc3)n2)c1. The Morgan fingerprint density at radius 1 is 0.850 bits per heavy atom. The van der Waals surface area contributed by atoms with Gasteiger partial charge in [-0.3, -0.25) is 4.79 Å². The van der Waals surface area contributed by atoms with Gasteiger partial charge in [0.25, 0.3) is 0 Å². The number of aromatic nitrogens is 2. The minimum absolute atomic E-state index is 0.0646. The van der Waals surface area contributed by atoms with E-state index < -0.39 is 0 Å². The number of nitrogens with one attached hydrogen (secondary N) is 1. The second-order valence-electron chi connectivity index (χ2n) is 9.58. The Bertz CT molecular complexity index is 1490. The summed E-state index contributed by atoms with van der Waals surface area (Å²) in [5, 5.41) is 4.01. The van der Waals surface area contributed by atoms with Gasteiger partial charge in [0.1, 0.15) is 11.6 Å². The molecule has 1 atom stereocenters. The predicted octanol–water partition coefficient (Wildman–Crippen LogP) is 6.24. The second-order valence-corrected chi connectivity index (χ2v) is 10.3. The molecular formula is C33H32N4O2S. The summed E-state index contributed by atoms with van der Waals surface area (Å²) in [4.78, 5) is 20.4. The highest BCUT2D eigenvalue weighted by Crippen LogP contribution is 2.23. The van der Waals surface area contributed by atoms with Gasteiger partial charge < -0.3 is 15.0 Å². The van der Waals surface area contributed by atoms with Gasteiger partial charge in [0.2, 0.25) is 11.0 Å². The Balaban J connectivity index is 1.34. The van der Waals surface area contributed by atoms with Crippen LogP contribution in [-0.4, -0.2) is 28.9 Å². The van der Waals surface area contributed by atoms with Crippen molar-refractivity contribution in [1.29, 1.82) is 0 Å². The van der Waals surface area contributed by atoms with E-state index in [1.807, 2.05) is 83.8 Å². The Labute approximate surface area is 239 Å². The van der Waals surface area contributed by atoms with Crippen LogP contribution in [-0.2, 0) is 24.2 Å². The van der Waals surface area contributed by atoms with E-state index in [9.17, 15) is 4.79 Å². The van der Waals surface area contributed by atoms with E-state index in [2.05, 4.69) is 46.1 Å². The van der Waals surface area contributed by atoms with Gasteiger partial charge >= 0.3 is 0 Å². The van der Waals surface area contributed by atoms with Crippen LogP contribution in [0.2, 0.25) is 0 Å². The van der Waals surface area contributed by atoms with Gasteiger partial charge in [-0.25, -0.2) is 4.98 Å². The highest BCUT2D eigenvalue weighted by atomic mass is 32.1. The third kappa shape index (κ3) is 7.55. The van der Waals surface area contributed by atoms with Gasteiger partial charge in [-0.1, -0.05) is 103 Å². The highest BCUT2D eigenvalue weighted by Gasteiger charge is 2.21. The first-order chi connectivity index (χ1) is 19.7. The third-order valence-electron chi connectivity index (χ3n) is 6.59. The molecule has 0 bridgehead atoms. The molecule has 5 rings (SSSR count). The van der Waals surface area contributed by atoms with E-state index in [4.69, 9.17) is 9.72 Å². The molecule has 1 unspecified atom stereocenters. The zero-order valence-corrected chi connectivity index (χ0v) is 23.3. The number of nitrogens with zero attached hydrogens (tertiary/aromatic N) is 3. The predicted molar refractivity (Wildman–Crippen MR) is 161 cm³/mol. The zero-order chi connectivity index (χ0) is 27.6. The lowest BCUT2D eigenvalue weighted by atomic mass is 9.99. The molecule has 1 N–H and O–H groups in total. The molecule has 202 valence electrons. The van der Waals surface area contributed by atoms with Crippen molar-refractivity contribution in [1.82, 2.24) is 14.7 Å². The van der Waals surface area contributed by atoms with Crippen molar-refractivity contribution in [3.63, 3.8) is 0 Å². The summed E-state index contributed by atoms with van der Waals surface area (Å²) in [6.07, 6.45) is 1.30. The normalized spacial score (nSPS) is 11.5. The topological polar surface area (TPSA) is 67.3 Å². The van der Waals surface area contributed by atoms with E-state index in [1.54, 1.807) is 7.11 Å². The smallest absolute Gasteiger partial charge is 0.240 e. The van der Waals surface area contributed by atoms with Crippen LogP contribution in [0, 0.1) is 0 Å². The molecule has 6 nitrogen and oxygen atoms in total. The number of rotatable bonds is 12. The summed E-state index contributed by atoms with van der Waals surface area (Å²) in [6.45, 7) is 0.720. The molecule has 0 spiro atoms. The van der Waals surface area contributed by atoms with E-state index in [0.717, 1.165) is 33.4 Å². The van der Waals surface area contributed by atoms with Gasteiger partial charge in [-0.15, -0.1) is 0 Å². The molecule has 0 saturated carbocycles. The van der Waals surface area contributed by atoms with Gasteiger partial charge in [-0.2, -0.15) is 4.37 Å². The molecule has 0 fully saturated rings. The van der Waals surface area contributed by atoms with Crippen molar-refractivity contribution < 1.29 is 9.53 Å². The number of anilines is 1. The number of hydrogen-bond donors (Lipinski definition) is 1. The van der Waals surface area contributed by atoms with Crippen LogP contribution < -0.4 is 15.0 Å². The van der Waals surface area contributed by atoms with Gasteiger partial charge in [0, 0.05) is 24.5 Å². The molecule has 1 heterocycles. The first-order valence-corrected chi connectivity index (χ1v) is 14.1. The van der Waals surface area contributed by atoms with Crippen molar-refractivity contribution in [3.8, 4) is 5.75 Å². The third-order valence-corrected chi connectivity index (χ3v) is 7.41. The Hall–Kier alpha value is -4.49. The molecule has 0 aliphatic rings. The van der Waals surface area contributed by atoms with E-state index in [-0.39, 0.29) is 18.5 Å². The van der Waals surface area contributed by atoms with Crippen LogP contribution in [0.25, 0.3) is 0 Å². The fourth-order valence-corrected chi connectivity index (χ4v) is 5.29. The lowest BCUT2D eigenvalue weighted by molar-refractivity contribution is -0.120. The summed E-state index contributed by atoms with van der Waals surface area (Å²) in [6, 6.07) is 38.3. The largest absolute Gasteiger partial charge is 0.497 e. The van der Waals surface area contributed by atoms with E-state index in [1.165, 1.54) is 17.1 Å². The standard InChI is InChI=1S/C33H32N4O2S/c1-39-29-19-11-16-27(20-29)22-31-35-33(40-36-31)37(23-26-14-7-3-8-15-26)24-32(38)34-30(28-17-9-4-10-18-28)21-25-12-5-2-6-13-25/h2-20,30H,21-24H2,1H3,(H,34,38). The summed E-state index contributed by atoms with van der Waals surface area (Å²) in [7, 11) is 1.66. The van der Waals surface area contributed by atoms with Crippen LogP contribution in [0.1, 0.15) is 34.1 Å². The van der Waals surface area contributed by atoms with Crippen LogP contribution in [0.3, 0.4) is 0 Å². The van der Waals surface area contributed by atoms with Crippen LogP contribution in [0.4, 0.5) is 5.13 Å². The molecule has 1 aromatic heterocycles. The number of amides is 1. The summed E-state index contributed by atoms with van der Waals surface area (Å²) in [5.41, 5.74) is 4.42. The second kappa shape index (κ2) is 13.5.